The fourth-order valence-corrected chi connectivity index (χ4v) is 1.77. The summed E-state index contributed by atoms with van der Waals surface area (Å²) in [6.07, 6.45) is 0. The number of hydrogen-bond donors (Lipinski definition) is 1. The number of ether oxygens (including phenoxy) is 1. The van der Waals surface area contributed by atoms with Gasteiger partial charge in [0.25, 0.3) is 0 Å². The van der Waals surface area contributed by atoms with Crippen LogP contribution in [0.4, 0.5) is 0 Å². The highest BCUT2D eigenvalue weighted by Crippen LogP contribution is 2.29. The van der Waals surface area contributed by atoms with Gasteiger partial charge < -0.3 is 10.5 Å². The van der Waals surface area contributed by atoms with Crippen molar-refractivity contribution in [3.05, 3.63) is 33.8 Å². The van der Waals surface area contributed by atoms with Crippen LogP contribution < -0.4 is 5.73 Å². The van der Waals surface area contributed by atoms with Crippen LogP contribution in [0.3, 0.4) is 0 Å². The van der Waals surface area contributed by atoms with E-state index in [1.54, 1.807) is 32.0 Å². The van der Waals surface area contributed by atoms with Crippen LogP contribution in [0.1, 0.15) is 19.4 Å². The third kappa shape index (κ3) is 2.67. The van der Waals surface area contributed by atoms with Crippen molar-refractivity contribution in [2.75, 3.05) is 6.61 Å². The molecule has 0 fully saturated rings. The van der Waals surface area contributed by atoms with E-state index in [-0.39, 0.29) is 6.61 Å². The second kappa shape index (κ2) is 5.04. The summed E-state index contributed by atoms with van der Waals surface area (Å²) in [4.78, 5) is 11.7. The van der Waals surface area contributed by atoms with Gasteiger partial charge in [0.15, 0.2) is 0 Å². The summed E-state index contributed by atoms with van der Waals surface area (Å²) in [5.41, 5.74) is 5.08. The van der Waals surface area contributed by atoms with Crippen molar-refractivity contribution >= 4 is 29.2 Å². The summed E-state index contributed by atoms with van der Waals surface area (Å²) in [5, 5.41) is 0.864. The van der Waals surface area contributed by atoms with Crippen molar-refractivity contribution in [3.8, 4) is 0 Å². The summed E-state index contributed by atoms with van der Waals surface area (Å²) in [6.45, 7) is 3.53. The summed E-state index contributed by atoms with van der Waals surface area (Å²) < 4.78 is 4.89. The number of rotatable bonds is 3. The summed E-state index contributed by atoms with van der Waals surface area (Å²) in [6, 6.07) is 4.80. The molecular formula is C11H13Cl2NO2. The fourth-order valence-electron chi connectivity index (χ4n) is 1.29. The van der Waals surface area contributed by atoms with E-state index >= 15 is 0 Å². The molecule has 0 radical (unpaired) electrons. The first-order valence-electron chi connectivity index (χ1n) is 4.81. The number of esters is 1. The van der Waals surface area contributed by atoms with Crippen LogP contribution in [0.25, 0.3) is 0 Å². The predicted molar refractivity (Wildman–Crippen MR) is 64.6 cm³/mol. The van der Waals surface area contributed by atoms with Gasteiger partial charge in [-0.1, -0.05) is 23.2 Å². The van der Waals surface area contributed by atoms with Crippen LogP contribution in [-0.2, 0) is 15.1 Å². The molecule has 0 aliphatic carbocycles. The zero-order valence-corrected chi connectivity index (χ0v) is 10.6. The van der Waals surface area contributed by atoms with E-state index in [4.69, 9.17) is 33.7 Å². The number of hydrogen-bond acceptors (Lipinski definition) is 3. The van der Waals surface area contributed by atoms with Gasteiger partial charge in [-0.25, -0.2) is 4.79 Å². The van der Waals surface area contributed by atoms with Crippen LogP contribution in [-0.4, -0.2) is 12.6 Å². The van der Waals surface area contributed by atoms with Gasteiger partial charge in [-0.05, 0) is 32.0 Å². The van der Waals surface area contributed by atoms with Gasteiger partial charge >= 0.3 is 5.97 Å². The molecule has 0 spiro atoms. The van der Waals surface area contributed by atoms with Gasteiger partial charge in [0.2, 0.25) is 0 Å². The Kier molecular flexibility index (Phi) is 4.19. The third-order valence-corrected chi connectivity index (χ3v) is 2.75. The van der Waals surface area contributed by atoms with Crippen molar-refractivity contribution in [2.24, 2.45) is 5.73 Å². The Hall–Kier alpha value is -0.770. The molecule has 1 aromatic carbocycles. The van der Waals surface area contributed by atoms with E-state index in [2.05, 4.69) is 0 Å². The van der Waals surface area contributed by atoms with E-state index in [1.807, 2.05) is 0 Å². The number of benzene rings is 1. The average Bonchev–Trinajstić information content (AvgIpc) is 2.22. The first-order chi connectivity index (χ1) is 7.39. The molecule has 1 rings (SSSR count). The van der Waals surface area contributed by atoms with Gasteiger partial charge in [-0.15, -0.1) is 0 Å². The summed E-state index contributed by atoms with van der Waals surface area (Å²) in [5.74, 6) is -0.529. The van der Waals surface area contributed by atoms with Gasteiger partial charge in [0.1, 0.15) is 5.54 Å². The molecule has 1 aromatic rings. The van der Waals surface area contributed by atoms with Crippen LogP contribution in [0.5, 0.6) is 0 Å². The van der Waals surface area contributed by atoms with Crippen LogP contribution in [0.15, 0.2) is 18.2 Å². The van der Waals surface area contributed by atoms with Crippen LogP contribution >= 0.6 is 23.2 Å². The molecule has 0 aromatic heterocycles. The molecule has 5 heteroatoms. The zero-order chi connectivity index (χ0) is 12.3. The number of halogens is 2. The second-order valence-corrected chi connectivity index (χ2v) is 4.39. The van der Waals surface area contributed by atoms with Crippen molar-refractivity contribution in [1.29, 1.82) is 0 Å². The van der Waals surface area contributed by atoms with Crippen molar-refractivity contribution in [1.82, 2.24) is 0 Å². The first-order valence-corrected chi connectivity index (χ1v) is 5.56. The molecule has 1 atom stereocenters. The van der Waals surface area contributed by atoms with Crippen molar-refractivity contribution < 1.29 is 9.53 Å². The third-order valence-electron chi connectivity index (χ3n) is 2.19. The summed E-state index contributed by atoms with van der Waals surface area (Å²) >= 11 is 11.8. The van der Waals surface area contributed by atoms with Crippen LogP contribution in [0, 0.1) is 0 Å². The minimum Gasteiger partial charge on any atom is -0.464 e. The molecule has 2 N–H and O–H groups in total. The zero-order valence-electron chi connectivity index (χ0n) is 9.09. The fraction of sp³-hybridized carbons (Fsp3) is 0.364. The Balaban J connectivity index is 3.15. The summed E-state index contributed by atoms with van der Waals surface area (Å²) in [7, 11) is 0. The molecule has 0 aliphatic rings. The highest BCUT2D eigenvalue weighted by Gasteiger charge is 2.34. The highest BCUT2D eigenvalue weighted by atomic mass is 35.5. The van der Waals surface area contributed by atoms with Crippen LogP contribution in [0.2, 0.25) is 10.0 Å². The molecule has 0 aliphatic heterocycles. The molecule has 3 nitrogen and oxygen atoms in total. The normalized spacial score (nSPS) is 14.3. The quantitative estimate of drug-likeness (QED) is 0.852. The second-order valence-electron chi connectivity index (χ2n) is 3.55. The van der Waals surface area contributed by atoms with E-state index in [1.165, 1.54) is 0 Å². The van der Waals surface area contributed by atoms with Gasteiger partial charge in [0, 0.05) is 15.6 Å². The minimum atomic E-state index is -1.29. The molecule has 0 amide bonds. The van der Waals surface area contributed by atoms with Crippen molar-refractivity contribution in [2.45, 2.75) is 19.4 Å². The maximum atomic E-state index is 11.7. The Morgan fingerprint density at radius 3 is 2.69 bits per heavy atom. The maximum Gasteiger partial charge on any atom is 0.330 e. The lowest BCUT2D eigenvalue weighted by Crippen LogP contribution is -2.43. The molecule has 0 bridgehead atoms. The van der Waals surface area contributed by atoms with Gasteiger partial charge in [-0.3, -0.25) is 0 Å². The smallest absolute Gasteiger partial charge is 0.330 e. The van der Waals surface area contributed by atoms with E-state index in [0.29, 0.717) is 15.6 Å². The van der Waals surface area contributed by atoms with E-state index in [9.17, 15) is 4.79 Å². The average molecular weight is 262 g/mol. The first kappa shape index (κ1) is 13.3. The Morgan fingerprint density at radius 2 is 2.12 bits per heavy atom. The molecule has 16 heavy (non-hydrogen) atoms. The van der Waals surface area contributed by atoms with E-state index < -0.39 is 11.5 Å². The van der Waals surface area contributed by atoms with Gasteiger partial charge in [-0.2, -0.15) is 0 Å². The standard InChI is InChI=1S/C11H13Cl2NO2/c1-3-16-10(15)11(2,14)8-6-7(12)4-5-9(8)13/h4-6H,3,14H2,1-2H3. The topological polar surface area (TPSA) is 52.3 Å². The molecule has 88 valence electrons. The number of carbonyl (C=O) groups excluding carboxylic acids is 1. The monoisotopic (exact) mass is 261 g/mol. The lowest BCUT2D eigenvalue weighted by molar-refractivity contribution is -0.149. The molecule has 0 saturated heterocycles. The van der Waals surface area contributed by atoms with Gasteiger partial charge in [0.05, 0.1) is 6.61 Å². The highest BCUT2D eigenvalue weighted by molar-refractivity contribution is 6.33. The number of nitrogens with two attached hydrogens (primary N) is 1. The maximum absolute atomic E-state index is 11.7. The Bertz CT molecular complexity index is 405. The molecule has 0 heterocycles. The lowest BCUT2D eigenvalue weighted by Gasteiger charge is -2.23. The van der Waals surface area contributed by atoms with Crippen molar-refractivity contribution in [3.63, 3.8) is 0 Å². The molecular weight excluding hydrogens is 249 g/mol. The SMILES string of the molecule is CCOC(=O)C(C)(N)c1cc(Cl)ccc1Cl. The predicted octanol–water partition coefficient (Wildman–Crippen LogP) is 2.73. The minimum absolute atomic E-state index is 0.268. The molecule has 0 saturated carbocycles. The number of carbonyl (C=O) groups is 1. The van der Waals surface area contributed by atoms with E-state index in [0.717, 1.165) is 0 Å². The lowest BCUT2D eigenvalue weighted by atomic mass is 9.93. The Morgan fingerprint density at radius 1 is 1.50 bits per heavy atom. The largest absolute Gasteiger partial charge is 0.464 e. The molecule has 1 unspecified atom stereocenters. The Labute approximate surface area is 104 Å².